The summed E-state index contributed by atoms with van der Waals surface area (Å²) in [5.41, 5.74) is 13.5. The Labute approximate surface area is 327 Å². The summed E-state index contributed by atoms with van der Waals surface area (Å²) in [5, 5.41) is 42.3. The Morgan fingerprint density at radius 1 is 0.404 bits per heavy atom. The molecular weight excluding hydrogens is 776 g/mol. The van der Waals surface area contributed by atoms with Gasteiger partial charge in [-0.25, -0.2) is 0 Å². The van der Waals surface area contributed by atoms with Crippen LogP contribution in [0.1, 0.15) is 148 Å². The molecule has 2 spiro atoms. The van der Waals surface area contributed by atoms with E-state index in [2.05, 4.69) is 112 Å². The highest BCUT2D eigenvalue weighted by atomic mass is 79.9. The zero-order valence-electron chi connectivity index (χ0n) is 32.8. The van der Waals surface area contributed by atoms with E-state index in [0.717, 1.165) is 56.9 Å². The molecule has 4 aromatic rings. The Bertz CT molecular complexity index is 2060. The standard InChI is InChI=1S/C23H26Br2O2.C23H28O2/c1-11-7-13-15(17(24)19(11)26)23(9-21(13,3)4)10-22(5,6)14-8-12(2)20(27)18(25)16(14)23;1-13-7-15-17(9-19(13)24)23(11-21(15,3)4)12-22(5,6)16-8-14(2)20(25)10-18(16)23/h7-8,26-27H,9-10H2,1-6H3;7-10,24-25H,11-12H2,1-6H3. The van der Waals surface area contributed by atoms with Gasteiger partial charge in [-0.2, -0.15) is 0 Å². The van der Waals surface area contributed by atoms with Gasteiger partial charge in [0.2, 0.25) is 0 Å². The van der Waals surface area contributed by atoms with Crippen molar-refractivity contribution < 1.29 is 20.4 Å². The maximum atomic E-state index is 10.7. The van der Waals surface area contributed by atoms with E-state index in [4.69, 9.17) is 0 Å². The smallest absolute Gasteiger partial charge is 0.132 e. The van der Waals surface area contributed by atoms with Crippen molar-refractivity contribution in [2.45, 2.75) is 141 Å². The fourth-order valence-corrected chi connectivity index (χ4v) is 13.2. The Hall–Kier alpha value is -2.96. The van der Waals surface area contributed by atoms with Gasteiger partial charge in [-0.3, -0.25) is 0 Å². The maximum Gasteiger partial charge on any atom is 0.132 e. The molecule has 6 heteroatoms. The van der Waals surface area contributed by atoms with Crippen LogP contribution in [0.25, 0.3) is 0 Å². The number of phenolic OH excluding ortho intramolecular Hbond substituents is 4. The maximum absolute atomic E-state index is 10.7. The molecule has 0 saturated heterocycles. The van der Waals surface area contributed by atoms with Crippen LogP contribution < -0.4 is 0 Å². The van der Waals surface area contributed by atoms with Gasteiger partial charge in [0.05, 0.1) is 8.95 Å². The molecule has 4 N–H and O–H groups in total. The number of hydrogen-bond acceptors (Lipinski definition) is 4. The number of phenols is 4. The van der Waals surface area contributed by atoms with Crippen LogP contribution >= 0.6 is 31.9 Å². The predicted octanol–water partition coefficient (Wildman–Crippen LogP) is 12.3. The number of aromatic hydroxyl groups is 4. The van der Waals surface area contributed by atoms with E-state index in [1.165, 1.54) is 44.5 Å². The first-order chi connectivity index (χ1) is 23.8. The first-order valence-electron chi connectivity index (χ1n) is 18.6. The van der Waals surface area contributed by atoms with Gasteiger partial charge >= 0.3 is 0 Å². The number of hydrogen-bond donors (Lipinski definition) is 4. The molecule has 0 bridgehead atoms. The molecule has 0 atom stereocenters. The fourth-order valence-electron chi connectivity index (χ4n) is 11.4. The minimum absolute atomic E-state index is 0.0199. The van der Waals surface area contributed by atoms with E-state index < -0.39 is 0 Å². The minimum Gasteiger partial charge on any atom is -0.508 e. The molecule has 0 amide bonds. The Kier molecular flexibility index (Phi) is 8.11. The van der Waals surface area contributed by atoms with Crippen LogP contribution in [-0.2, 0) is 32.5 Å². The van der Waals surface area contributed by atoms with E-state index >= 15 is 0 Å². The molecule has 0 aliphatic heterocycles. The summed E-state index contributed by atoms with van der Waals surface area (Å²) >= 11 is 7.48. The van der Waals surface area contributed by atoms with Crippen molar-refractivity contribution in [2.24, 2.45) is 0 Å². The second-order valence-corrected chi connectivity index (χ2v) is 20.9. The van der Waals surface area contributed by atoms with E-state index in [1.807, 2.05) is 39.8 Å². The molecule has 4 aromatic carbocycles. The van der Waals surface area contributed by atoms with Crippen molar-refractivity contribution in [3.05, 3.63) is 112 Å². The van der Waals surface area contributed by atoms with Gasteiger partial charge in [0.1, 0.15) is 23.0 Å². The molecular formula is C46H54Br2O4. The number of benzene rings is 4. The average molecular weight is 831 g/mol. The van der Waals surface area contributed by atoms with Crippen molar-refractivity contribution in [1.82, 2.24) is 0 Å². The molecule has 0 aromatic heterocycles. The third-order valence-electron chi connectivity index (χ3n) is 13.4. The SMILES string of the molecule is Cc1cc2c(c(Br)c1O)C1(CC2(C)C)CC(C)(C)c2cc(C)c(O)c(Br)c21.Cc1cc2c(cc1O)C1(CC2(C)C)CC(C)(C)c2cc(C)c(O)cc21. The van der Waals surface area contributed by atoms with E-state index in [0.29, 0.717) is 23.0 Å². The summed E-state index contributed by atoms with van der Waals surface area (Å²) in [6.07, 6.45) is 3.93. The van der Waals surface area contributed by atoms with Crippen LogP contribution in [0, 0.1) is 27.7 Å². The highest BCUT2D eigenvalue weighted by Crippen LogP contribution is 2.68. The number of fused-ring (bicyclic) bond motifs is 8. The molecule has 0 heterocycles. The monoisotopic (exact) mass is 828 g/mol. The summed E-state index contributed by atoms with van der Waals surface area (Å²) in [6, 6.07) is 12.6. The molecule has 0 unspecified atom stereocenters. The summed E-state index contributed by atoms with van der Waals surface area (Å²) < 4.78 is 1.61. The van der Waals surface area contributed by atoms with Crippen molar-refractivity contribution in [2.75, 3.05) is 0 Å². The van der Waals surface area contributed by atoms with Crippen molar-refractivity contribution in [3.63, 3.8) is 0 Å². The molecule has 0 saturated carbocycles. The van der Waals surface area contributed by atoms with Gasteiger partial charge in [-0.05, 0) is 186 Å². The van der Waals surface area contributed by atoms with Gasteiger partial charge in [0, 0.05) is 10.8 Å². The van der Waals surface area contributed by atoms with Gasteiger partial charge in [-0.15, -0.1) is 0 Å². The minimum atomic E-state index is -0.244. The van der Waals surface area contributed by atoms with Crippen LogP contribution in [0.15, 0.2) is 45.3 Å². The van der Waals surface area contributed by atoms with E-state index in [-0.39, 0.29) is 32.5 Å². The van der Waals surface area contributed by atoms with Crippen LogP contribution in [0.4, 0.5) is 0 Å². The molecule has 276 valence electrons. The topological polar surface area (TPSA) is 80.9 Å². The van der Waals surface area contributed by atoms with Crippen LogP contribution in [-0.4, -0.2) is 20.4 Å². The summed E-state index contributed by atoms with van der Waals surface area (Å²) in [7, 11) is 0. The third kappa shape index (κ3) is 5.01. The number of halogens is 2. The van der Waals surface area contributed by atoms with Crippen LogP contribution in [0.3, 0.4) is 0 Å². The highest BCUT2D eigenvalue weighted by Gasteiger charge is 2.59. The van der Waals surface area contributed by atoms with Crippen LogP contribution in [0.2, 0.25) is 0 Å². The molecule has 0 fully saturated rings. The first-order valence-corrected chi connectivity index (χ1v) is 20.2. The first kappa shape index (κ1) is 37.4. The fraction of sp³-hybridized carbons (Fsp3) is 0.478. The van der Waals surface area contributed by atoms with Crippen molar-refractivity contribution >= 4 is 31.9 Å². The molecule has 4 aliphatic carbocycles. The zero-order valence-corrected chi connectivity index (χ0v) is 36.0. The van der Waals surface area contributed by atoms with Gasteiger partial charge in [0.25, 0.3) is 0 Å². The lowest BCUT2D eigenvalue weighted by Gasteiger charge is -2.32. The second-order valence-electron chi connectivity index (χ2n) is 19.3. The Morgan fingerprint density at radius 2 is 0.692 bits per heavy atom. The lowest BCUT2D eigenvalue weighted by molar-refractivity contribution is 0.347. The summed E-state index contributed by atoms with van der Waals surface area (Å²) in [5.74, 6) is 1.39. The quantitative estimate of drug-likeness (QED) is 0.142. The summed E-state index contributed by atoms with van der Waals surface area (Å²) in [6.45, 7) is 26.2. The number of rotatable bonds is 0. The van der Waals surface area contributed by atoms with Crippen LogP contribution in [0.5, 0.6) is 23.0 Å². The van der Waals surface area contributed by atoms with E-state index in [9.17, 15) is 20.4 Å². The average Bonchev–Trinajstić information content (AvgIpc) is 3.55. The molecule has 4 aliphatic rings. The van der Waals surface area contributed by atoms with Gasteiger partial charge in [0.15, 0.2) is 0 Å². The lowest BCUT2D eigenvalue weighted by Crippen LogP contribution is -2.27. The van der Waals surface area contributed by atoms with E-state index in [1.54, 1.807) is 0 Å². The van der Waals surface area contributed by atoms with Gasteiger partial charge < -0.3 is 20.4 Å². The molecule has 0 radical (unpaired) electrons. The Morgan fingerprint density at radius 3 is 1.04 bits per heavy atom. The highest BCUT2D eigenvalue weighted by molar-refractivity contribution is 9.11. The second kappa shape index (κ2) is 11.3. The zero-order chi connectivity index (χ0) is 38.5. The predicted molar refractivity (Wildman–Crippen MR) is 219 cm³/mol. The van der Waals surface area contributed by atoms with Crippen molar-refractivity contribution in [1.29, 1.82) is 0 Å². The van der Waals surface area contributed by atoms with Gasteiger partial charge in [-0.1, -0.05) is 79.7 Å². The normalized spacial score (nSPS) is 21.0. The third-order valence-corrected chi connectivity index (χ3v) is 15.0. The molecule has 52 heavy (non-hydrogen) atoms. The molecule has 8 rings (SSSR count). The Balaban J connectivity index is 0.000000162. The largest absolute Gasteiger partial charge is 0.508 e. The molecule has 4 nitrogen and oxygen atoms in total. The number of aryl methyl sites for hydroxylation is 4. The lowest BCUT2D eigenvalue weighted by atomic mass is 9.72. The van der Waals surface area contributed by atoms with Crippen molar-refractivity contribution in [3.8, 4) is 23.0 Å². The summed E-state index contributed by atoms with van der Waals surface area (Å²) in [4.78, 5) is 0.